The van der Waals surface area contributed by atoms with Crippen LogP contribution in [-0.4, -0.2) is 63.0 Å². The predicted octanol–water partition coefficient (Wildman–Crippen LogP) is 3.78. The third kappa shape index (κ3) is 5.57. The lowest BCUT2D eigenvalue weighted by Crippen LogP contribution is -2.34. The number of fused-ring (bicyclic) bond motifs is 1. The second-order valence-electron chi connectivity index (χ2n) is 9.64. The van der Waals surface area contributed by atoms with Crippen molar-refractivity contribution < 1.29 is 24.2 Å². The van der Waals surface area contributed by atoms with Crippen molar-refractivity contribution >= 4 is 23.4 Å². The summed E-state index contributed by atoms with van der Waals surface area (Å²) in [6, 6.07) is 6.93. The summed E-state index contributed by atoms with van der Waals surface area (Å²) in [5.41, 5.74) is 0.197. The van der Waals surface area contributed by atoms with Crippen molar-refractivity contribution in [1.29, 1.82) is 0 Å². The highest BCUT2D eigenvalue weighted by Crippen LogP contribution is 2.40. The number of hydrogen-bond acceptors (Lipinski definition) is 6. The van der Waals surface area contributed by atoms with Gasteiger partial charge in [0.2, 0.25) is 0 Å². The number of aromatic nitrogens is 2. The van der Waals surface area contributed by atoms with E-state index in [1.807, 2.05) is 17.0 Å². The van der Waals surface area contributed by atoms with Crippen molar-refractivity contribution in [3.63, 3.8) is 0 Å². The van der Waals surface area contributed by atoms with Crippen molar-refractivity contribution in [2.75, 3.05) is 19.7 Å². The summed E-state index contributed by atoms with van der Waals surface area (Å²) in [5, 5.41) is 14.5. The molecule has 1 aliphatic carbocycles. The third-order valence-corrected chi connectivity index (χ3v) is 6.65. The number of carbonyl (C=O) groups excluding carboxylic acids is 2. The van der Waals surface area contributed by atoms with E-state index in [4.69, 9.17) is 21.1 Å². The quantitative estimate of drug-likeness (QED) is 0.612. The molecule has 1 amide bonds. The summed E-state index contributed by atoms with van der Waals surface area (Å²) >= 11 is 6.49. The molecule has 1 saturated heterocycles. The average molecular weight is 476 g/mol. The van der Waals surface area contributed by atoms with E-state index in [0.717, 1.165) is 18.4 Å². The third-order valence-electron chi connectivity index (χ3n) is 6.22. The molecule has 1 aromatic carbocycles. The minimum atomic E-state index is -0.945. The summed E-state index contributed by atoms with van der Waals surface area (Å²) in [7, 11) is 0. The second kappa shape index (κ2) is 9.44. The monoisotopic (exact) mass is 475 g/mol. The fraction of sp³-hybridized carbons (Fsp3) is 0.542. The number of halogens is 1. The summed E-state index contributed by atoms with van der Waals surface area (Å²) in [5.74, 6) is 1.15. The number of carbonyl (C=O) groups is 2. The molecule has 0 spiro atoms. The molecule has 3 atom stereocenters. The Kier molecular flexibility index (Phi) is 6.79. The van der Waals surface area contributed by atoms with Crippen LogP contribution >= 0.6 is 11.6 Å². The van der Waals surface area contributed by atoms with Gasteiger partial charge in [0.05, 0.1) is 23.3 Å². The van der Waals surface area contributed by atoms with E-state index in [9.17, 15) is 14.7 Å². The molecule has 2 aromatic rings. The molecule has 2 heterocycles. The zero-order chi connectivity index (χ0) is 23.8. The molecular weight excluding hydrogens is 446 g/mol. The molecule has 1 aliphatic heterocycles. The van der Waals surface area contributed by atoms with Crippen LogP contribution in [-0.2, 0) is 11.3 Å². The molecule has 2 fully saturated rings. The van der Waals surface area contributed by atoms with E-state index >= 15 is 0 Å². The van der Waals surface area contributed by atoms with Gasteiger partial charge in [-0.15, -0.1) is 0 Å². The van der Waals surface area contributed by atoms with Gasteiger partial charge in [-0.1, -0.05) is 23.7 Å². The van der Waals surface area contributed by atoms with Gasteiger partial charge in [-0.3, -0.25) is 4.79 Å². The molecule has 2 aliphatic rings. The zero-order valence-electron chi connectivity index (χ0n) is 19.2. The van der Waals surface area contributed by atoms with E-state index in [1.54, 1.807) is 32.2 Å². The Bertz CT molecular complexity index is 1020. The molecule has 0 radical (unpaired) electrons. The van der Waals surface area contributed by atoms with Crippen molar-refractivity contribution in [2.24, 2.45) is 11.8 Å². The lowest BCUT2D eigenvalue weighted by atomic mass is 10.0. The Morgan fingerprint density at radius 1 is 1.21 bits per heavy atom. The SMILES string of the molecule is CC(=O)c1ccn(C(=O)N2C[C@H]3CC(OCc4cccc(OCC(C)(C)O)c4Cl)C[C@H]3C2)n1. The maximum absolute atomic E-state index is 12.7. The molecule has 8 nitrogen and oxygen atoms in total. The Morgan fingerprint density at radius 3 is 2.52 bits per heavy atom. The van der Waals surface area contributed by atoms with Gasteiger partial charge in [0.15, 0.2) is 5.78 Å². The van der Waals surface area contributed by atoms with Crippen LogP contribution in [0.1, 0.15) is 49.7 Å². The largest absolute Gasteiger partial charge is 0.489 e. The fourth-order valence-electron chi connectivity index (χ4n) is 4.54. The van der Waals surface area contributed by atoms with Crippen LogP contribution in [0.15, 0.2) is 30.5 Å². The zero-order valence-corrected chi connectivity index (χ0v) is 19.9. The molecule has 178 valence electrons. The van der Waals surface area contributed by atoms with Gasteiger partial charge in [-0.25, -0.2) is 4.79 Å². The number of aliphatic hydroxyl groups is 1. The predicted molar refractivity (Wildman–Crippen MR) is 123 cm³/mol. The Morgan fingerprint density at radius 2 is 1.91 bits per heavy atom. The molecule has 0 bridgehead atoms. The highest BCUT2D eigenvalue weighted by atomic mass is 35.5. The average Bonchev–Trinajstić information content (AvgIpc) is 3.46. The van der Waals surface area contributed by atoms with Gasteiger partial charge in [-0.05, 0) is 50.7 Å². The first-order valence-electron chi connectivity index (χ1n) is 11.2. The second-order valence-corrected chi connectivity index (χ2v) is 10.0. The Balaban J connectivity index is 1.28. The standard InChI is InChI=1S/C24H30ClN3O5/c1-15(29)20-7-8-28(26-20)23(30)27-11-17-9-19(10-18(17)12-27)32-13-16-5-4-6-21(22(16)25)33-14-24(2,3)31/h4-8,17-19,31H,9-14H2,1-3H3/t17-,18+,19?. The van der Waals surface area contributed by atoms with Gasteiger partial charge in [-0.2, -0.15) is 9.78 Å². The van der Waals surface area contributed by atoms with E-state index in [2.05, 4.69) is 5.10 Å². The number of ketones is 1. The molecule has 9 heteroatoms. The Hall–Kier alpha value is -2.42. The Labute approximate surface area is 198 Å². The molecular formula is C24H30ClN3O5. The van der Waals surface area contributed by atoms with Crippen LogP contribution in [0, 0.1) is 11.8 Å². The lowest BCUT2D eigenvalue weighted by Gasteiger charge is -2.20. The first kappa shape index (κ1) is 23.7. The number of likely N-dealkylation sites (tertiary alicyclic amines) is 1. The van der Waals surface area contributed by atoms with Crippen molar-refractivity contribution in [2.45, 2.75) is 51.9 Å². The summed E-state index contributed by atoms with van der Waals surface area (Å²) < 4.78 is 13.1. The maximum atomic E-state index is 12.7. The van der Waals surface area contributed by atoms with E-state index in [0.29, 0.717) is 48.0 Å². The topological polar surface area (TPSA) is 93.9 Å². The molecule has 1 saturated carbocycles. The fourth-order valence-corrected chi connectivity index (χ4v) is 4.78. The highest BCUT2D eigenvalue weighted by molar-refractivity contribution is 6.32. The summed E-state index contributed by atoms with van der Waals surface area (Å²) in [6.07, 6.45) is 3.43. The van der Waals surface area contributed by atoms with Crippen LogP contribution in [0.2, 0.25) is 5.02 Å². The van der Waals surface area contributed by atoms with E-state index in [-0.39, 0.29) is 24.5 Å². The molecule has 1 N–H and O–H groups in total. The van der Waals surface area contributed by atoms with Gasteiger partial charge in [0, 0.05) is 31.8 Å². The van der Waals surface area contributed by atoms with Crippen molar-refractivity contribution in [1.82, 2.24) is 14.7 Å². The molecule has 4 rings (SSSR count). The van der Waals surface area contributed by atoms with Crippen LogP contribution in [0.3, 0.4) is 0 Å². The number of ether oxygens (including phenoxy) is 2. The van der Waals surface area contributed by atoms with Gasteiger partial charge >= 0.3 is 6.03 Å². The molecule has 1 aromatic heterocycles. The van der Waals surface area contributed by atoms with Gasteiger partial charge < -0.3 is 19.5 Å². The number of amides is 1. The van der Waals surface area contributed by atoms with Crippen LogP contribution < -0.4 is 4.74 Å². The first-order valence-corrected chi connectivity index (χ1v) is 11.6. The number of benzene rings is 1. The van der Waals surface area contributed by atoms with Crippen molar-refractivity contribution in [3.05, 3.63) is 46.7 Å². The van der Waals surface area contributed by atoms with E-state index < -0.39 is 5.60 Å². The summed E-state index contributed by atoms with van der Waals surface area (Å²) in [6.45, 7) is 6.65. The van der Waals surface area contributed by atoms with E-state index in [1.165, 1.54) is 11.6 Å². The van der Waals surface area contributed by atoms with Crippen LogP contribution in [0.4, 0.5) is 4.79 Å². The first-order chi connectivity index (χ1) is 15.6. The maximum Gasteiger partial charge on any atom is 0.344 e. The smallest absolute Gasteiger partial charge is 0.344 e. The number of rotatable bonds is 7. The minimum Gasteiger partial charge on any atom is -0.489 e. The summed E-state index contributed by atoms with van der Waals surface area (Å²) in [4.78, 5) is 26.0. The highest BCUT2D eigenvalue weighted by Gasteiger charge is 2.43. The molecule has 1 unspecified atom stereocenters. The lowest BCUT2D eigenvalue weighted by molar-refractivity contribution is 0.0279. The number of nitrogens with zero attached hydrogens (tertiary/aromatic N) is 3. The van der Waals surface area contributed by atoms with Crippen molar-refractivity contribution in [3.8, 4) is 5.75 Å². The molecule has 33 heavy (non-hydrogen) atoms. The van der Waals surface area contributed by atoms with Crippen LogP contribution in [0.25, 0.3) is 0 Å². The van der Waals surface area contributed by atoms with Gasteiger partial charge in [0.25, 0.3) is 0 Å². The number of hydrogen-bond donors (Lipinski definition) is 1. The van der Waals surface area contributed by atoms with Gasteiger partial charge in [0.1, 0.15) is 18.1 Å². The minimum absolute atomic E-state index is 0.114. The normalized spacial score (nSPS) is 22.5. The van der Waals surface area contributed by atoms with Crippen LogP contribution in [0.5, 0.6) is 5.75 Å². The number of Topliss-reactive ketones (excluding diaryl/α,β-unsaturated/α-hetero) is 1.